The van der Waals surface area contributed by atoms with Gasteiger partial charge in [0.05, 0.1) is 5.60 Å². The highest BCUT2D eigenvalue weighted by atomic mass is 19.4. The van der Waals surface area contributed by atoms with Crippen LogP contribution >= 0.6 is 0 Å². The number of hydrogen-bond acceptors (Lipinski definition) is 3. The first-order chi connectivity index (χ1) is 13.3. The molecule has 148 valence electrons. The van der Waals surface area contributed by atoms with Crippen LogP contribution in [0.3, 0.4) is 0 Å². The van der Waals surface area contributed by atoms with E-state index in [1.165, 1.54) is 6.20 Å². The second-order valence-electron chi connectivity index (χ2n) is 7.55. The Kier molecular flexibility index (Phi) is 4.67. The molecule has 0 spiro atoms. The second-order valence-corrected chi connectivity index (χ2v) is 7.55. The first-order valence-corrected chi connectivity index (χ1v) is 9.31. The number of piperidine rings is 1. The van der Waals surface area contributed by atoms with Crippen LogP contribution < -0.4 is 0 Å². The molecule has 3 heterocycles. The van der Waals surface area contributed by atoms with Gasteiger partial charge in [0.25, 0.3) is 0 Å². The number of alkyl halides is 3. The summed E-state index contributed by atoms with van der Waals surface area (Å²) in [7, 11) is 0. The van der Waals surface area contributed by atoms with Gasteiger partial charge in [0.2, 0.25) is 0 Å². The summed E-state index contributed by atoms with van der Waals surface area (Å²) in [4.78, 5) is 8.42. The Bertz CT molecular complexity index is 988. The van der Waals surface area contributed by atoms with Crippen LogP contribution in [-0.2, 0) is 18.3 Å². The number of H-pyrrole nitrogens is 1. The highest BCUT2D eigenvalue weighted by Gasteiger charge is 2.38. The fourth-order valence-electron chi connectivity index (χ4n) is 4.01. The predicted molar refractivity (Wildman–Crippen MR) is 101 cm³/mol. The number of aryl methyl sites for hydroxylation is 1. The molecule has 4 rings (SSSR count). The van der Waals surface area contributed by atoms with Crippen molar-refractivity contribution < 1.29 is 18.3 Å². The summed E-state index contributed by atoms with van der Waals surface area (Å²) < 4.78 is 40.5. The fraction of sp³-hybridized carbons (Fsp3) is 0.381. The number of aliphatic hydroxyl groups is 1. The van der Waals surface area contributed by atoms with Crippen molar-refractivity contribution in [2.24, 2.45) is 0 Å². The minimum atomic E-state index is -4.46. The van der Waals surface area contributed by atoms with Crippen LogP contribution in [-0.4, -0.2) is 33.1 Å². The third-order valence-corrected chi connectivity index (χ3v) is 5.58. The summed E-state index contributed by atoms with van der Waals surface area (Å²) in [6, 6.07) is 11.1. The lowest BCUT2D eigenvalue weighted by Gasteiger charge is -2.38. The number of likely N-dealkylation sites (tertiary alicyclic amines) is 1. The molecule has 3 aromatic rings. The number of nitrogens with zero attached hydrogens (tertiary/aromatic N) is 2. The molecular weight excluding hydrogens is 367 g/mol. The van der Waals surface area contributed by atoms with E-state index in [4.69, 9.17) is 0 Å². The minimum absolute atomic E-state index is 0.171. The molecule has 1 aromatic carbocycles. The van der Waals surface area contributed by atoms with Gasteiger partial charge in [-0.2, -0.15) is 13.2 Å². The lowest BCUT2D eigenvalue weighted by Crippen LogP contribution is -2.42. The molecule has 1 saturated heterocycles. The molecule has 1 fully saturated rings. The summed E-state index contributed by atoms with van der Waals surface area (Å²) in [6.45, 7) is 3.19. The van der Waals surface area contributed by atoms with E-state index in [1.807, 2.05) is 36.1 Å². The van der Waals surface area contributed by atoms with E-state index < -0.39 is 17.5 Å². The van der Waals surface area contributed by atoms with Crippen LogP contribution in [0, 0.1) is 6.92 Å². The molecule has 0 unspecified atom stereocenters. The van der Waals surface area contributed by atoms with Crippen molar-refractivity contribution in [3.8, 4) is 0 Å². The number of aromatic nitrogens is 2. The van der Waals surface area contributed by atoms with E-state index in [1.54, 1.807) is 12.1 Å². The lowest BCUT2D eigenvalue weighted by molar-refractivity contribution is -0.141. The summed E-state index contributed by atoms with van der Waals surface area (Å²) in [5, 5.41) is 11.5. The number of nitrogens with one attached hydrogen (secondary N) is 1. The molecule has 1 aliphatic rings. The summed E-state index contributed by atoms with van der Waals surface area (Å²) in [5.41, 5.74) is 0.751. The molecule has 0 aliphatic carbocycles. The minimum Gasteiger partial charge on any atom is -0.385 e. The maximum absolute atomic E-state index is 13.5. The van der Waals surface area contributed by atoms with Crippen LogP contribution in [0.4, 0.5) is 13.2 Å². The fourth-order valence-corrected chi connectivity index (χ4v) is 4.01. The molecule has 4 nitrogen and oxygen atoms in total. The van der Waals surface area contributed by atoms with Gasteiger partial charge in [-0.15, -0.1) is 0 Å². The number of benzene rings is 1. The average molecular weight is 389 g/mol. The van der Waals surface area contributed by atoms with Crippen LogP contribution in [0.2, 0.25) is 0 Å². The van der Waals surface area contributed by atoms with E-state index in [-0.39, 0.29) is 17.8 Å². The van der Waals surface area contributed by atoms with E-state index in [2.05, 4.69) is 9.97 Å². The Labute approximate surface area is 161 Å². The Morgan fingerprint density at radius 1 is 1.18 bits per heavy atom. The predicted octanol–water partition coefficient (Wildman–Crippen LogP) is 4.37. The van der Waals surface area contributed by atoms with Crippen molar-refractivity contribution in [3.63, 3.8) is 0 Å². The van der Waals surface area contributed by atoms with Gasteiger partial charge in [-0.25, -0.2) is 4.98 Å². The zero-order valence-electron chi connectivity index (χ0n) is 15.6. The molecular formula is C21H22F3N3O. The number of halogens is 3. The van der Waals surface area contributed by atoms with Crippen LogP contribution in [0.5, 0.6) is 0 Å². The zero-order valence-corrected chi connectivity index (χ0v) is 15.6. The Balaban J connectivity index is 1.56. The largest absolute Gasteiger partial charge is 0.431 e. The highest BCUT2D eigenvalue weighted by molar-refractivity contribution is 5.81. The Morgan fingerprint density at radius 3 is 2.61 bits per heavy atom. The molecule has 28 heavy (non-hydrogen) atoms. The van der Waals surface area contributed by atoms with Gasteiger partial charge in [-0.3, -0.25) is 4.90 Å². The van der Waals surface area contributed by atoms with Crippen LogP contribution in [0.1, 0.15) is 35.2 Å². The van der Waals surface area contributed by atoms with Crippen molar-refractivity contribution in [1.82, 2.24) is 14.9 Å². The summed E-state index contributed by atoms with van der Waals surface area (Å²) >= 11 is 0. The van der Waals surface area contributed by atoms with E-state index in [0.717, 1.165) is 11.1 Å². The molecule has 2 N–H and O–H groups in total. The molecule has 0 radical (unpaired) electrons. The monoisotopic (exact) mass is 389 g/mol. The van der Waals surface area contributed by atoms with Crippen molar-refractivity contribution in [2.75, 3.05) is 13.1 Å². The van der Waals surface area contributed by atoms with Crippen LogP contribution in [0.15, 0.2) is 42.6 Å². The SMILES string of the molecule is Cc1cccc(C2(O)CCN(Cc3c(C(F)(F)F)[nH]c4ncccc34)CC2)c1. The van der Waals surface area contributed by atoms with Crippen molar-refractivity contribution in [3.05, 3.63) is 65.0 Å². The number of fused-ring (bicyclic) bond motifs is 1. The summed E-state index contributed by atoms with van der Waals surface area (Å²) in [6.07, 6.45) is -2.02. The van der Waals surface area contributed by atoms with Gasteiger partial charge in [0, 0.05) is 36.8 Å². The number of hydrogen-bond donors (Lipinski definition) is 2. The normalized spacial score (nSPS) is 17.9. The number of rotatable bonds is 3. The van der Waals surface area contributed by atoms with Gasteiger partial charge < -0.3 is 10.1 Å². The molecule has 0 bridgehead atoms. The molecule has 0 atom stereocenters. The van der Waals surface area contributed by atoms with Crippen molar-refractivity contribution in [1.29, 1.82) is 0 Å². The van der Waals surface area contributed by atoms with Crippen LogP contribution in [0.25, 0.3) is 11.0 Å². The zero-order chi connectivity index (χ0) is 19.9. The molecule has 2 aromatic heterocycles. The molecule has 0 saturated carbocycles. The molecule has 1 aliphatic heterocycles. The standard InChI is InChI=1S/C21H22F3N3O/c1-14-4-2-5-15(12-14)20(28)7-10-27(11-8-20)13-17-16-6-3-9-25-19(16)26-18(17)21(22,23)24/h2-6,9,12,28H,7-8,10-11,13H2,1H3,(H,25,26). The van der Waals surface area contributed by atoms with E-state index in [0.29, 0.717) is 31.3 Å². The number of aromatic amines is 1. The van der Waals surface area contributed by atoms with Gasteiger partial charge in [0.15, 0.2) is 0 Å². The maximum atomic E-state index is 13.5. The lowest BCUT2D eigenvalue weighted by atomic mass is 9.84. The smallest absolute Gasteiger partial charge is 0.385 e. The van der Waals surface area contributed by atoms with Gasteiger partial charge >= 0.3 is 6.18 Å². The topological polar surface area (TPSA) is 52.1 Å². The second kappa shape index (κ2) is 6.90. The van der Waals surface area contributed by atoms with Crippen molar-refractivity contribution >= 4 is 11.0 Å². The highest BCUT2D eigenvalue weighted by Crippen LogP contribution is 2.38. The Hall–Kier alpha value is -2.38. The van der Waals surface area contributed by atoms with Gasteiger partial charge in [-0.1, -0.05) is 29.8 Å². The van der Waals surface area contributed by atoms with E-state index in [9.17, 15) is 18.3 Å². The maximum Gasteiger partial charge on any atom is 0.431 e. The Morgan fingerprint density at radius 2 is 1.93 bits per heavy atom. The van der Waals surface area contributed by atoms with Crippen molar-refractivity contribution in [2.45, 2.75) is 38.1 Å². The molecule has 7 heteroatoms. The summed E-state index contributed by atoms with van der Waals surface area (Å²) in [5.74, 6) is 0. The van der Waals surface area contributed by atoms with Gasteiger partial charge in [0.1, 0.15) is 11.3 Å². The average Bonchev–Trinajstić information content (AvgIpc) is 3.03. The number of pyridine rings is 1. The molecule has 0 amide bonds. The third kappa shape index (κ3) is 3.52. The van der Waals surface area contributed by atoms with E-state index >= 15 is 0 Å². The first kappa shape index (κ1) is 19.0. The van der Waals surface area contributed by atoms with Gasteiger partial charge in [-0.05, 0) is 37.5 Å². The third-order valence-electron chi connectivity index (χ3n) is 5.58. The quantitative estimate of drug-likeness (QED) is 0.699. The first-order valence-electron chi connectivity index (χ1n) is 9.31.